The predicted molar refractivity (Wildman–Crippen MR) is 68.8 cm³/mol. The first-order chi connectivity index (χ1) is 7.90. The molecule has 0 N–H and O–H groups in total. The maximum absolute atomic E-state index is 5.73. The van der Waals surface area contributed by atoms with E-state index in [0.717, 1.165) is 27.2 Å². The Morgan fingerprint density at radius 2 is 1.50 bits per heavy atom. The van der Waals surface area contributed by atoms with Crippen LogP contribution in [0.3, 0.4) is 0 Å². The van der Waals surface area contributed by atoms with E-state index in [9.17, 15) is 0 Å². The largest absolute Gasteiger partial charge is 0.151 e. The van der Waals surface area contributed by atoms with Gasteiger partial charge in [0.1, 0.15) is 5.69 Å². The van der Waals surface area contributed by atoms with Crippen molar-refractivity contribution in [2.75, 3.05) is 0 Å². The predicted octanol–water partition coefficient (Wildman–Crippen LogP) is 5.35. The second kappa shape index (κ2) is 5.68. The van der Waals surface area contributed by atoms with Crippen molar-refractivity contribution >= 4 is 33.0 Å². The third kappa shape index (κ3) is 2.84. The summed E-state index contributed by atoms with van der Waals surface area (Å²) in [6.45, 7) is 0. The summed E-state index contributed by atoms with van der Waals surface area (Å²) >= 11 is 0. The molecule has 0 aliphatic rings. The fourth-order valence-corrected chi connectivity index (χ4v) is 1.92. The van der Waals surface area contributed by atoms with E-state index in [1.54, 1.807) is 0 Å². The van der Waals surface area contributed by atoms with Crippen LogP contribution in [0.25, 0.3) is 0 Å². The molecule has 0 atom stereocenters. The van der Waals surface area contributed by atoms with Crippen molar-refractivity contribution in [3.05, 3.63) is 54.6 Å². The van der Waals surface area contributed by atoms with Gasteiger partial charge in [-0.15, -0.1) is 5.11 Å². The molecule has 2 rings (SSSR count). The van der Waals surface area contributed by atoms with E-state index in [2.05, 4.69) is 10.2 Å². The van der Waals surface area contributed by atoms with Crippen LogP contribution in [-0.4, -0.2) is 0 Å². The van der Waals surface area contributed by atoms with Gasteiger partial charge in [-0.1, -0.05) is 30.3 Å². The van der Waals surface area contributed by atoms with Crippen molar-refractivity contribution in [2.24, 2.45) is 10.2 Å². The Labute approximate surface area is 103 Å². The summed E-state index contributed by atoms with van der Waals surface area (Å²) in [6, 6.07) is 17.2. The highest BCUT2D eigenvalue weighted by atomic mass is 35.7. The van der Waals surface area contributed by atoms with Gasteiger partial charge in [-0.25, -0.2) is 0 Å². The summed E-state index contributed by atoms with van der Waals surface area (Å²) in [5.41, 5.74) is 1.61. The molecule has 80 valence electrons. The van der Waals surface area contributed by atoms with E-state index in [1.807, 2.05) is 54.6 Å². The van der Waals surface area contributed by atoms with E-state index in [0.29, 0.717) is 0 Å². The van der Waals surface area contributed by atoms with Gasteiger partial charge in [0.05, 0.1) is 10.6 Å². The summed E-state index contributed by atoms with van der Waals surface area (Å²) in [6.07, 6.45) is 0. The molecule has 0 bridgehead atoms. The summed E-state index contributed by atoms with van der Waals surface area (Å²) in [5.74, 6) is 0. The monoisotopic (exact) mass is 248 g/mol. The Morgan fingerprint density at radius 1 is 0.812 bits per heavy atom. The lowest BCUT2D eigenvalue weighted by Crippen LogP contribution is -1.68. The van der Waals surface area contributed by atoms with Gasteiger partial charge in [0.15, 0.2) is 0 Å². The van der Waals surface area contributed by atoms with E-state index in [4.69, 9.17) is 10.7 Å². The molecular weight excluding hydrogens is 240 g/mol. The van der Waals surface area contributed by atoms with E-state index in [-0.39, 0.29) is 0 Å². The number of halogens is 1. The van der Waals surface area contributed by atoms with Crippen molar-refractivity contribution in [3.63, 3.8) is 0 Å². The van der Waals surface area contributed by atoms with E-state index >= 15 is 0 Å². The molecule has 0 heterocycles. The highest BCUT2D eigenvalue weighted by Gasteiger charge is 1.98. The fourth-order valence-electron chi connectivity index (χ4n) is 1.21. The van der Waals surface area contributed by atoms with Gasteiger partial charge in [-0.05, 0) is 45.9 Å². The first-order valence-electron chi connectivity index (χ1n) is 4.74. The normalized spacial score (nSPS) is 10.8. The number of rotatable bonds is 3. The smallest absolute Gasteiger partial charge is 0.100 e. The Balaban J connectivity index is 2.24. The van der Waals surface area contributed by atoms with Crippen molar-refractivity contribution in [2.45, 2.75) is 4.90 Å². The summed E-state index contributed by atoms with van der Waals surface area (Å²) in [7, 11) is 6.88. The quantitative estimate of drug-likeness (QED) is 0.672. The summed E-state index contributed by atoms with van der Waals surface area (Å²) in [5, 5.41) is 8.31. The molecule has 0 aliphatic heterocycles. The molecule has 0 saturated carbocycles. The van der Waals surface area contributed by atoms with Crippen LogP contribution >= 0.6 is 21.7 Å². The van der Waals surface area contributed by atoms with Crippen molar-refractivity contribution in [1.29, 1.82) is 0 Å². The molecular formula is C12H9ClN2S. The Hall–Kier alpha value is -1.32. The molecule has 0 fully saturated rings. The van der Waals surface area contributed by atoms with Crippen LogP contribution < -0.4 is 0 Å². The summed E-state index contributed by atoms with van der Waals surface area (Å²) in [4.78, 5) is 0.906. The lowest BCUT2D eigenvalue weighted by Gasteiger charge is -1.98. The number of nitrogens with zero attached hydrogens (tertiary/aromatic N) is 2. The van der Waals surface area contributed by atoms with E-state index < -0.39 is 0 Å². The molecule has 0 aliphatic carbocycles. The molecule has 16 heavy (non-hydrogen) atoms. The molecule has 0 radical (unpaired) electrons. The fraction of sp³-hybridized carbons (Fsp3) is 0. The second-order valence-electron chi connectivity index (χ2n) is 3.08. The molecule has 2 aromatic rings. The van der Waals surface area contributed by atoms with Crippen LogP contribution in [0.2, 0.25) is 0 Å². The van der Waals surface area contributed by atoms with Gasteiger partial charge in [-0.2, -0.15) is 5.11 Å². The maximum Gasteiger partial charge on any atom is 0.100 e. The lowest BCUT2D eigenvalue weighted by molar-refractivity contribution is 1.20. The minimum atomic E-state index is 0.784. The molecule has 4 heteroatoms. The first kappa shape index (κ1) is 11.2. The van der Waals surface area contributed by atoms with Gasteiger partial charge in [0, 0.05) is 0 Å². The zero-order chi connectivity index (χ0) is 11.2. The van der Waals surface area contributed by atoms with Crippen LogP contribution in [0.15, 0.2) is 69.7 Å². The minimum Gasteiger partial charge on any atom is -0.151 e. The maximum atomic E-state index is 5.73. The van der Waals surface area contributed by atoms with Crippen molar-refractivity contribution in [3.8, 4) is 0 Å². The number of azo groups is 1. The Bertz CT molecular complexity index is 485. The highest BCUT2D eigenvalue weighted by molar-refractivity contribution is 8.21. The number of hydrogen-bond donors (Lipinski definition) is 0. The van der Waals surface area contributed by atoms with Crippen molar-refractivity contribution in [1.82, 2.24) is 0 Å². The van der Waals surface area contributed by atoms with Crippen LogP contribution in [0.4, 0.5) is 11.4 Å². The molecule has 0 amide bonds. The first-order valence-corrected chi connectivity index (χ1v) is 6.39. The van der Waals surface area contributed by atoms with Gasteiger partial charge in [-0.3, -0.25) is 0 Å². The van der Waals surface area contributed by atoms with Gasteiger partial charge in [0.2, 0.25) is 0 Å². The van der Waals surface area contributed by atoms with Gasteiger partial charge >= 0.3 is 0 Å². The third-order valence-electron chi connectivity index (χ3n) is 1.98. The van der Waals surface area contributed by atoms with Gasteiger partial charge < -0.3 is 0 Å². The van der Waals surface area contributed by atoms with E-state index in [1.165, 1.54) is 0 Å². The second-order valence-corrected chi connectivity index (χ2v) is 4.14. The molecule has 0 aromatic heterocycles. The van der Waals surface area contributed by atoms with Crippen LogP contribution in [-0.2, 0) is 0 Å². The zero-order valence-electron chi connectivity index (χ0n) is 8.38. The molecule has 0 unspecified atom stereocenters. The average Bonchev–Trinajstić information content (AvgIpc) is 2.38. The molecule has 2 aromatic carbocycles. The SMILES string of the molecule is ClSc1ccccc1N=Nc1ccccc1. The molecule has 2 nitrogen and oxygen atoms in total. The average molecular weight is 249 g/mol. The topological polar surface area (TPSA) is 24.7 Å². The van der Waals surface area contributed by atoms with Crippen LogP contribution in [0.5, 0.6) is 0 Å². The third-order valence-corrected chi connectivity index (χ3v) is 2.99. The minimum absolute atomic E-state index is 0.784. The molecule has 0 spiro atoms. The highest BCUT2D eigenvalue weighted by Crippen LogP contribution is 2.32. The standard InChI is InChI=1S/C12H9ClN2S/c13-16-12-9-5-4-8-11(12)15-14-10-6-2-1-3-7-10/h1-9H. The number of benzene rings is 2. The zero-order valence-corrected chi connectivity index (χ0v) is 9.95. The Morgan fingerprint density at radius 3 is 2.25 bits per heavy atom. The van der Waals surface area contributed by atoms with Gasteiger partial charge in [0.25, 0.3) is 0 Å². The molecule has 0 saturated heterocycles. The lowest BCUT2D eigenvalue weighted by atomic mass is 10.3. The van der Waals surface area contributed by atoms with Crippen LogP contribution in [0.1, 0.15) is 0 Å². The van der Waals surface area contributed by atoms with Crippen LogP contribution in [0, 0.1) is 0 Å². The number of hydrogen-bond acceptors (Lipinski definition) is 3. The van der Waals surface area contributed by atoms with Crippen molar-refractivity contribution < 1.29 is 0 Å². The Kier molecular flexibility index (Phi) is 3.97. The summed E-state index contributed by atoms with van der Waals surface area (Å²) < 4.78 is 0.